The molecule has 3 heteroatoms. The van der Waals surface area contributed by atoms with E-state index in [-0.39, 0.29) is 5.82 Å². The lowest BCUT2D eigenvalue weighted by Gasteiger charge is -2.36. The van der Waals surface area contributed by atoms with Gasteiger partial charge >= 0.3 is 0 Å². The second kappa shape index (κ2) is 5.23. The van der Waals surface area contributed by atoms with Crippen LogP contribution in [0, 0.1) is 5.82 Å². The Morgan fingerprint density at radius 1 is 1.00 bits per heavy atom. The van der Waals surface area contributed by atoms with Crippen LogP contribution in [0.1, 0.15) is 37.7 Å². The lowest BCUT2D eigenvalue weighted by molar-refractivity contribution is -0.148. The molecule has 20 heavy (non-hydrogen) atoms. The summed E-state index contributed by atoms with van der Waals surface area (Å²) in [5, 5.41) is 1.43. The lowest BCUT2D eigenvalue weighted by Crippen LogP contribution is -2.32. The van der Waals surface area contributed by atoms with E-state index in [4.69, 9.17) is 4.74 Å². The minimum Gasteiger partial charge on any atom is -0.456 e. The predicted molar refractivity (Wildman–Crippen MR) is 75.8 cm³/mol. The van der Waals surface area contributed by atoms with Gasteiger partial charge in [-0.3, -0.25) is 4.79 Å². The number of fused-ring (bicyclic) bond motifs is 1. The van der Waals surface area contributed by atoms with Crippen LogP contribution in [-0.4, -0.2) is 6.47 Å². The smallest absolute Gasteiger partial charge is 0.293 e. The zero-order valence-corrected chi connectivity index (χ0v) is 11.3. The molecule has 2 aromatic carbocycles. The van der Waals surface area contributed by atoms with Gasteiger partial charge in [0.1, 0.15) is 11.4 Å². The molecule has 0 radical (unpaired) electrons. The molecule has 0 unspecified atom stereocenters. The van der Waals surface area contributed by atoms with Crippen molar-refractivity contribution in [1.29, 1.82) is 0 Å². The molecule has 3 rings (SSSR count). The zero-order chi connectivity index (χ0) is 14.0. The number of ether oxygens (including phenoxy) is 1. The Balaban J connectivity index is 2.21. The number of hydrogen-bond donors (Lipinski definition) is 0. The average Bonchev–Trinajstić information content (AvgIpc) is 2.49. The SMILES string of the molecule is O=COC1(c2ccc(F)c3ccccc23)CCCCC1. The topological polar surface area (TPSA) is 26.3 Å². The van der Waals surface area contributed by atoms with Gasteiger partial charge in [-0.05, 0) is 37.1 Å². The number of carbonyl (C=O) groups excluding carboxylic acids is 1. The highest BCUT2D eigenvalue weighted by molar-refractivity contribution is 5.87. The maximum absolute atomic E-state index is 13.9. The van der Waals surface area contributed by atoms with Gasteiger partial charge in [-0.15, -0.1) is 0 Å². The summed E-state index contributed by atoms with van der Waals surface area (Å²) in [4.78, 5) is 11.0. The Morgan fingerprint density at radius 2 is 1.70 bits per heavy atom. The van der Waals surface area contributed by atoms with Gasteiger partial charge in [0.2, 0.25) is 0 Å². The number of halogens is 1. The Bertz CT molecular complexity index is 630. The number of hydrogen-bond acceptors (Lipinski definition) is 2. The molecule has 0 saturated heterocycles. The van der Waals surface area contributed by atoms with Crippen molar-refractivity contribution < 1.29 is 13.9 Å². The Hall–Kier alpha value is -1.90. The third kappa shape index (κ3) is 2.07. The number of benzene rings is 2. The summed E-state index contributed by atoms with van der Waals surface area (Å²) in [7, 11) is 0. The molecule has 2 aromatic rings. The monoisotopic (exact) mass is 272 g/mol. The van der Waals surface area contributed by atoms with Crippen molar-refractivity contribution in [2.24, 2.45) is 0 Å². The average molecular weight is 272 g/mol. The summed E-state index contributed by atoms with van der Waals surface area (Å²) in [6.45, 7) is 0.531. The molecule has 1 aliphatic carbocycles. The molecule has 0 N–H and O–H groups in total. The van der Waals surface area contributed by atoms with E-state index >= 15 is 0 Å². The first kappa shape index (κ1) is 13.1. The second-order valence-corrected chi connectivity index (χ2v) is 5.41. The Morgan fingerprint density at radius 3 is 2.40 bits per heavy atom. The molecule has 2 nitrogen and oxygen atoms in total. The summed E-state index contributed by atoms with van der Waals surface area (Å²) in [5.74, 6) is -0.235. The maximum atomic E-state index is 13.9. The molecule has 0 aliphatic heterocycles. The molecule has 104 valence electrons. The minimum absolute atomic E-state index is 0.235. The molecule has 1 aliphatic rings. The molecular weight excluding hydrogens is 255 g/mol. The van der Waals surface area contributed by atoms with E-state index in [0.29, 0.717) is 11.9 Å². The fourth-order valence-electron chi connectivity index (χ4n) is 3.33. The second-order valence-electron chi connectivity index (χ2n) is 5.41. The van der Waals surface area contributed by atoms with Crippen LogP contribution in [0.3, 0.4) is 0 Å². The van der Waals surface area contributed by atoms with Crippen LogP contribution in [0.4, 0.5) is 4.39 Å². The molecule has 0 aromatic heterocycles. The van der Waals surface area contributed by atoms with Crippen molar-refractivity contribution in [2.45, 2.75) is 37.7 Å². The number of carbonyl (C=O) groups is 1. The molecular formula is C17H17FO2. The van der Waals surface area contributed by atoms with E-state index in [1.165, 1.54) is 6.07 Å². The number of rotatable bonds is 3. The van der Waals surface area contributed by atoms with Gasteiger partial charge in [-0.2, -0.15) is 0 Å². The first-order chi connectivity index (χ1) is 9.77. The zero-order valence-electron chi connectivity index (χ0n) is 11.3. The standard InChI is InChI=1S/C17H17FO2/c18-16-9-8-15(13-6-2-3-7-14(13)16)17(20-12-19)10-4-1-5-11-17/h2-3,6-9,12H,1,4-5,10-11H2. The summed E-state index contributed by atoms with van der Waals surface area (Å²) in [6, 6.07) is 10.6. The van der Waals surface area contributed by atoms with Gasteiger partial charge in [-0.25, -0.2) is 4.39 Å². The van der Waals surface area contributed by atoms with Gasteiger partial charge in [0, 0.05) is 10.9 Å². The van der Waals surface area contributed by atoms with Crippen LogP contribution in [0.2, 0.25) is 0 Å². The normalized spacial score (nSPS) is 17.9. The van der Waals surface area contributed by atoms with Gasteiger partial charge in [0.15, 0.2) is 0 Å². The minimum atomic E-state index is -0.590. The third-order valence-corrected chi connectivity index (χ3v) is 4.30. The largest absolute Gasteiger partial charge is 0.456 e. The summed E-state index contributed by atoms with van der Waals surface area (Å²) in [5.41, 5.74) is 0.342. The van der Waals surface area contributed by atoms with Crippen molar-refractivity contribution in [2.75, 3.05) is 0 Å². The predicted octanol–water partition coefficient (Wildman–Crippen LogP) is 4.31. The molecule has 0 spiro atoms. The fourth-order valence-corrected chi connectivity index (χ4v) is 3.33. The molecule has 1 fully saturated rings. The van der Waals surface area contributed by atoms with E-state index in [1.807, 2.05) is 18.2 Å². The van der Waals surface area contributed by atoms with Crippen LogP contribution < -0.4 is 0 Å². The molecule has 0 amide bonds. The van der Waals surface area contributed by atoms with Crippen molar-refractivity contribution in [1.82, 2.24) is 0 Å². The van der Waals surface area contributed by atoms with Crippen molar-refractivity contribution in [3.8, 4) is 0 Å². The van der Waals surface area contributed by atoms with E-state index in [1.54, 1.807) is 12.1 Å². The quantitative estimate of drug-likeness (QED) is 0.778. The highest BCUT2D eigenvalue weighted by Crippen LogP contribution is 2.43. The Kier molecular flexibility index (Phi) is 3.43. The first-order valence-electron chi connectivity index (χ1n) is 7.06. The van der Waals surface area contributed by atoms with Gasteiger partial charge in [-0.1, -0.05) is 36.8 Å². The van der Waals surface area contributed by atoms with Crippen LogP contribution in [0.15, 0.2) is 36.4 Å². The van der Waals surface area contributed by atoms with Gasteiger partial charge in [0.25, 0.3) is 6.47 Å². The molecule has 0 bridgehead atoms. The van der Waals surface area contributed by atoms with Crippen LogP contribution in [0.5, 0.6) is 0 Å². The highest BCUT2D eigenvalue weighted by atomic mass is 19.1. The van der Waals surface area contributed by atoms with E-state index in [9.17, 15) is 9.18 Å². The first-order valence-corrected chi connectivity index (χ1v) is 7.06. The third-order valence-electron chi connectivity index (χ3n) is 4.30. The van der Waals surface area contributed by atoms with E-state index in [0.717, 1.165) is 43.1 Å². The van der Waals surface area contributed by atoms with E-state index < -0.39 is 5.60 Å². The van der Waals surface area contributed by atoms with Crippen LogP contribution in [-0.2, 0) is 15.1 Å². The van der Waals surface area contributed by atoms with Crippen LogP contribution >= 0.6 is 0 Å². The van der Waals surface area contributed by atoms with Crippen LogP contribution in [0.25, 0.3) is 10.8 Å². The van der Waals surface area contributed by atoms with Gasteiger partial charge in [0.05, 0.1) is 0 Å². The fraction of sp³-hybridized carbons (Fsp3) is 0.353. The molecule has 0 atom stereocenters. The van der Waals surface area contributed by atoms with Gasteiger partial charge < -0.3 is 4.74 Å². The summed E-state index contributed by atoms with van der Waals surface area (Å²) >= 11 is 0. The van der Waals surface area contributed by atoms with Crippen molar-refractivity contribution >= 4 is 17.2 Å². The van der Waals surface area contributed by atoms with E-state index in [2.05, 4.69) is 0 Å². The maximum Gasteiger partial charge on any atom is 0.293 e. The van der Waals surface area contributed by atoms with Crippen molar-refractivity contribution in [3.05, 3.63) is 47.8 Å². The summed E-state index contributed by atoms with van der Waals surface area (Å²) < 4.78 is 19.4. The van der Waals surface area contributed by atoms with Crippen molar-refractivity contribution in [3.63, 3.8) is 0 Å². The highest BCUT2D eigenvalue weighted by Gasteiger charge is 2.37. The molecule has 1 saturated carbocycles. The summed E-state index contributed by atoms with van der Waals surface area (Å²) in [6.07, 6.45) is 4.82. The molecule has 0 heterocycles. The lowest BCUT2D eigenvalue weighted by atomic mass is 9.77. The Labute approximate surface area is 117 Å².